The van der Waals surface area contributed by atoms with Crippen molar-refractivity contribution in [2.75, 3.05) is 31.2 Å². The van der Waals surface area contributed by atoms with Crippen molar-refractivity contribution in [3.8, 4) is 0 Å². The molecule has 2 aromatic rings. The predicted molar refractivity (Wildman–Crippen MR) is 103 cm³/mol. The number of rotatable bonds is 5. The van der Waals surface area contributed by atoms with E-state index in [-0.39, 0.29) is 18.0 Å². The van der Waals surface area contributed by atoms with Gasteiger partial charge in [0.15, 0.2) is 0 Å². The van der Waals surface area contributed by atoms with Crippen LogP contribution in [0.15, 0.2) is 24.3 Å². The number of ether oxygens (including phenoxy) is 2. The fraction of sp³-hybridized carbons (Fsp3) is 0.619. The zero-order valence-corrected chi connectivity index (χ0v) is 16.1. The van der Waals surface area contributed by atoms with Gasteiger partial charge in [-0.15, -0.1) is 10.2 Å². The second kappa shape index (κ2) is 7.79. The third-order valence-electron chi connectivity index (χ3n) is 6.21. The smallest absolute Gasteiger partial charge is 0.227 e. The van der Waals surface area contributed by atoms with E-state index >= 15 is 0 Å². The van der Waals surface area contributed by atoms with E-state index in [9.17, 15) is 4.39 Å². The van der Waals surface area contributed by atoms with Crippen molar-refractivity contribution >= 4 is 5.95 Å². The van der Waals surface area contributed by atoms with Crippen LogP contribution in [0.3, 0.4) is 0 Å². The summed E-state index contributed by atoms with van der Waals surface area (Å²) in [5, 5.41) is 9.17. The van der Waals surface area contributed by atoms with Crippen LogP contribution in [0.4, 0.5) is 10.3 Å². The molecule has 5 rings (SSSR count). The second-order valence-corrected chi connectivity index (χ2v) is 8.09. The summed E-state index contributed by atoms with van der Waals surface area (Å²) >= 11 is 0. The number of morpholine rings is 1. The number of benzene rings is 1. The summed E-state index contributed by atoms with van der Waals surface area (Å²) in [6.07, 6.45) is 5.96. The molecule has 3 aliphatic rings. The summed E-state index contributed by atoms with van der Waals surface area (Å²) in [5.74, 6) is 2.29. The molecule has 2 saturated heterocycles. The molecule has 3 heterocycles. The van der Waals surface area contributed by atoms with Gasteiger partial charge in [-0.1, -0.05) is 18.6 Å². The Morgan fingerprint density at radius 2 is 2.00 bits per heavy atom. The molecule has 28 heavy (non-hydrogen) atoms. The Bertz CT molecular complexity index is 816. The lowest BCUT2D eigenvalue weighted by Gasteiger charge is -2.34. The van der Waals surface area contributed by atoms with Crippen molar-refractivity contribution < 1.29 is 13.9 Å². The van der Waals surface area contributed by atoms with Gasteiger partial charge >= 0.3 is 0 Å². The van der Waals surface area contributed by atoms with Gasteiger partial charge in [-0.3, -0.25) is 4.57 Å². The van der Waals surface area contributed by atoms with Crippen LogP contribution in [0.25, 0.3) is 0 Å². The largest absolute Gasteiger partial charge is 0.376 e. The molecular weight excluding hydrogens is 359 g/mol. The summed E-state index contributed by atoms with van der Waals surface area (Å²) in [5.41, 5.74) is 0.870. The molecular formula is C21H27FN4O2. The van der Waals surface area contributed by atoms with Crippen LogP contribution < -0.4 is 4.90 Å². The maximum atomic E-state index is 13.7. The Hall–Kier alpha value is -1.99. The normalized spacial score (nSPS) is 25.8. The monoisotopic (exact) mass is 386 g/mol. The number of aromatic nitrogens is 3. The average molecular weight is 386 g/mol. The Morgan fingerprint density at radius 1 is 1.07 bits per heavy atom. The van der Waals surface area contributed by atoms with Gasteiger partial charge < -0.3 is 14.4 Å². The highest BCUT2D eigenvalue weighted by molar-refractivity contribution is 5.35. The second-order valence-electron chi connectivity index (χ2n) is 8.09. The van der Waals surface area contributed by atoms with E-state index in [1.807, 2.05) is 6.07 Å². The fourth-order valence-electron chi connectivity index (χ4n) is 4.42. The minimum absolute atomic E-state index is 0.163. The first-order valence-corrected chi connectivity index (χ1v) is 10.4. The van der Waals surface area contributed by atoms with Crippen LogP contribution in [-0.4, -0.2) is 47.2 Å². The van der Waals surface area contributed by atoms with Gasteiger partial charge in [0.1, 0.15) is 17.7 Å². The van der Waals surface area contributed by atoms with Crippen molar-refractivity contribution in [2.45, 2.75) is 56.8 Å². The van der Waals surface area contributed by atoms with E-state index in [2.05, 4.69) is 19.7 Å². The van der Waals surface area contributed by atoms with Crippen molar-refractivity contribution in [3.05, 3.63) is 41.5 Å². The maximum Gasteiger partial charge on any atom is 0.227 e. The van der Waals surface area contributed by atoms with E-state index in [0.29, 0.717) is 19.1 Å². The van der Waals surface area contributed by atoms with Crippen LogP contribution in [0.5, 0.6) is 0 Å². The van der Waals surface area contributed by atoms with E-state index in [4.69, 9.17) is 9.47 Å². The van der Waals surface area contributed by atoms with E-state index in [1.165, 1.54) is 25.3 Å². The van der Waals surface area contributed by atoms with Crippen LogP contribution in [0, 0.1) is 5.82 Å². The molecule has 1 saturated carbocycles. The fourth-order valence-corrected chi connectivity index (χ4v) is 4.42. The van der Waals surface area contributed by atoms with Crippen molar-refractivity contribution in [1.82, 2.24) is 14.8 Å². The van der Waals surface area contributed by atoms with Crippen molar-refractivity contribution in [3.63, 3.8) is 0 Å². The van der Waals surface area contributed by atoms with Gasteiger partial charge in [-0.05, 0) is 43.4 Å². The summed E-state index contributed by atoms with van der Waals surface area (Å²) in [6.45, 7) is 3.67. The minimum atomic E-state index is -0.230. The number of hydrogen-bond donors (Lipinski definition) is 0. The van der Waals surface area contributed by atoms with Gasteiger partial charge in [0.05, 0.1) is 25.8 Å². The summed E-state index contributed by atoms with van der Waals surface area (Å²) < 4.78 is 27.8. The Labute approximate surface area is 164 Å². The first-order chi connectivity index (χ1) is 13.8. The molecule has 0 radical (unpaired) electrons. The molecule has 2 aliphatic heterocycles. The van der Waals surface area contributed by atoms with Crippen LogP contribution >= 0.6 is 0 Å². The molecule has 0 bridgehead atoms. The number of nitrogens with zero attached hydrogens (tertiary/aromatic N) is 4. The van der Waals surface area contributed by atoms with Crippen LogP contribution in [-0.2, 0) is 16.0 Å². The van der Waals surface area contributed by atoms with E-state index < -0.39 is 0 Å². The zero-order valence-electron chi connectivity index (χ0n) is 16.1. The third kappa shape index (κ3) is 3.53. The quantitative estimate of drug-likeness (QED) is 0.788. The lowest BCUT2D eigenvalue weighted by Crippen LogP contribution is -2.40. The van der Waals surface area contributed by atoms with Crippen LogP contribution in [0.2, 0.25) is 0 Å². The molecule has 150 valence electrons. The minimum Gasteiger partial charge on any atom is -0.376 e. The van der Waals surface area contributed by atoms with E-state index in [0.717, 1.165) is 49.9 Å². The Balaban J connectivity index is 1.40. The molecule has 7 heteroatoms. The molecule has 2 atom stereocenters. The highest BCUT2D eigenvalue weighted by atomic mass is 19.1. The summed E-state index contributed by atoms with van der Waals surface area (Å²) in [7, 11) is 0. The van der Waals surface area contributed by atoms with Gasteiger partial charge in [-0.25, -0.2) is 4.39 Å². The van der Waals surface area contributed by atoms with Crippen molar-refractivity contribution in [2.24, 2.45) is 0 Å². The average Bonchev–Trinajstić information content (AvgIpc) is 3.32. The van der Waals surface area contributed by atoms with Gasteiger partial charge in [0.25, 0.3) is 0 Å². The molecule has 1 aromatic carbocycles. The number of halogens is 1. The molecule has 3 fully saturated rings. The third-order valence-corrected chi connectivity index (χ3v) is 6.21. The van der Waals surface area contributed by atoms with Gasteiger partial charge in [0, 0.05) is 19.1 Å². The topological polar surface area (TPSA) is 52.4 Å². The molecule has 0 amide bonds. The Kier molecular flexibility index (Phi) is 5.03. The molecule has 0 unspecified atom stereocenters. The highest BCUT2D eigenvalue weighted by Gasteiger charge is 2.32. The van der Waals surface area contributed by atoms with Crippen LogP contribution in [0.1, 0.15) is 55.5 Å². The van der Waals surface area contributed by atoms with Gasteiger partial charge in [0.2, 0.25) is 5.95 Å². The highest BCUT2D eigenvalue weighted by Crippen LogP contribution is 2.37. The Morgan fingerprint density at radius 3 is 2.75 bits per heavy atom. The maximum absolute atomic E-state index is 13.7. The van der Waals surface area contributed by atoms with E-state index in [1.54, 1.807) is 12.1 Å². The number of anilines is 1. The lowest BCUT2D eigenvalue weighted by atomic mass is 9.85. The molecule has 6 nitrogen and oxygen atoms in total. The summed E-state index contributed by atoms with van der Waals surface area (Å²) in [6, 6.07) is 6.69. The summed E-state index contributed by atoms with van der Waals surface area (Å²) in [4.78, 5) is 2.24. The number of hydrogen-bond acceptors (Lipinski definition) is 5. The molecule has 0 spiro atoms. The van der Waals surface area contributed by atoms with Crippen molar-refractivity contribution in [1.29, 1.82) is 0 Å². The van der Waals surface area contributed by atoms with Gasteiger partial charge in [-0.2, -0.15) is 0 Å². The molecule has 0 N–H and O–H groups in total. The standard InChI is InChI=1S/C21H27FN4O2/c22-17-7-2-6-16(12-17)19-14-25(9-11-28-19)21-24-23-20(15-4-1-5-15)26(21)13-18-8-3-10-27-18/h2,6-7,12,15,18-19H,1,3-5,8-11,13-14H2/t18-,19+/m1/s1. The first-order valence-electron chi connectivity index (χ1n) is 10.4. The first kappa shape index (κ1) is 18.1. The predicted octanol–water partition coefficient (Wildman–Crippen LogP) is 3.44. The lowest BCUT2D eigenvalue weighted by molar-refractivity contribution is 0.0384. The molecule has 1 aliphatic carbocycles. The SMILES string of the molecule is Fc1cccc([C@@H]2CN(c3nnc(C4CCC4)n3C[C@H]3CCCO3)CCO2)c1. The zero-order chi connectivity index (χ0) is 18.9. The molecule has 1 aromatic heterocycles.